The molecule has 1 aromatic heterocycles. The van der Waals surface area contributed by atoms with Gasteiger partial charge in [0.05, 0.1) is 1.37 Å². The second kappa shape index (κ2) is 9.44. The van der Waals surface area contributed by atoms with Crippen molar-refractivity contribution in [2.24, 2.45) is 0 Å². The minimum atomic E-state index is 0.550. The molecule has 43 heavy (non-hydrogen) atoms. The van der Waals surface area contributed by atoms with Crippen LogP contribution < -0.4 is 0 Å². The second-order valence-corrected chi connectivity index (χ2v) is 11.1. The fourth-order valence-electron chi connectivity index (χ4n) is 6.93. The maximum Gasteiger partial charge on any atom is 0.136 e. The van der Waals surface area contributed by atoms with E-state index in [1.54, 1.807) is 0 Å². The van der Waals surface area contributed by atoms with Crippen molar-refractivity contribution in [3.8, 4) is 33.4 Å². The van der Waals surface area contributed by atoms with Gasteiger partial charge in [0.25, 0.3) is 0 Å². The summed E-state index contributed by atoms with van der Waals surface area (Å²) >= 11 is 0. The Labute approximate surface area is 250 Å². The van der Waals surface area contributed by atoms with Crippen LogP contribution in [0.1, 0.15) is 1.37 Å². The smallest absolute Gasteiger partial charge is 0.136 e. The first-order valence-corrected chi connectivity index (χ1v) is 14.7. The van der Waals surface area contributed by atoms with Crippen molar-refractivity contribution in [1.82, 2.24) is 0 Å². The van der Waals surface area contributed by atoms with E-state index in [1.165, 1.54) is 43.8 Å². The lowest BCUT2D eigenvalue weighted by molar-refractivity contribution is 0.669. The Morgan fingerprint density at radius 1 is 0.372 bits per heavy atom. The minimum absolute atomic E-state index is 0.550. The van der Waals surface area contributed by atoms with Crippen molar-refractivity contribution >= 4 is 54.3 Å². The quantitative estimate of drug-likeness (QED) is 0.201. The van der Waals surface area contributed by atoms with Crippen molar-refractivity contribution in [1.29, 1.82) is 0 Å². The molecular formula is C42H26O. The lowest BCUT2D eigenvalue weighted by Crippen LogP contribution is -1.91. The maximum absolute atomic E-state index is 8.54. The summed E-state index contributed by atoms with van der Waals surface area (Å²) in [6.45, 7) is 0. The Hall–Kier alpha value is -5.66. The van der Waals surface area contributed by atoms with Crippen LogP contribution in [-0.4, -0.2) is 0 Å². The fourth-order valence-corrected chi connectivity index (χ4v) is 6.93. The second-order valence-electron chi connectivity index (χ2n) is 11.1. The molecule has 0 N–H and O–H groups in total. The topological polar surface area (TPSA) is 13.1 Å². The third-order valence-corrected chi connectivity index (χ3v) is 8.79. The lowest BCUT2D eigenvalue weighted by Gasteiger charge is -2.19. The van der Waals surface area contributed by atoms with Gasteiger partial charge in [-0.3, -0.25) is 0 Å². The van der Waals surface area contributed by atoms with Crippen LogP contribution in [0.25, 0.3) is 87.6 Å². The highest BCUT2D eigenvalue weighted by atomic mass is 16.3. The molecule has 8 aromatic carbocycles. The van der Waals surface area contributed by atoms with Crippen LogP contribution in [-0.2, 0) is 0 Å². The van der Waals surface area contributed by atoms with Crippen LogP contribution >= 0.6 is 0 Å². The number of furan rings is 1. The highest BCUT2D eigenvalue weighted by Crippen LogP contribution is 2.45. The van der Waals surface area contributed by atoms with E-state index in [-0.39, 0.29) is 0 Å². The molecule has 0 saturated carbocycles. The summed E-state index contributed by atoms with van der Waals surface area (Å²) in [5.74, 6) is 0. The first kappa shape index (κ1) is 23.0. The van der Waals surface area contributed by atoms with Gasteiger partial charge < -0.3 is 4.42 Å². The molecule has 0 aliphatic carbocycles. The Bertz CT molecular complexity index is 2500. The molecule has 0 amide bonds. The van der Waals surface area contributed by atoms with Crippen LogP contribution in [0.4, 0.5) is 0 Å². The van der Waals surface area contributed by atoms with Crippen LogP contribution in [0, 0.1) is 0 Å². The molecule has 0 aliphatic heterocycles. The van der Waals surface area contributed by atoms with E-state index in [9.17, 15) is 0 Å². The zero-order valence-electron chi connectivity index (χ0n) is 24.3. The molecule has 200 valence electrons. The van der Waals surface area contributed by atoms with E-state index in [2.05, 4.69) is 115 Å². The molecule has 0 unspecified atom stereocenters. The van der Waals surface area contributed by atoms with Gasteiger partial charge >= 0.3 is 0 Å². The SMILES string of the molecule is [2H]c1ccc(-c2c3ccccc3c(-c3ccc(-c4cccc5oc6ccccc6c45)cc3)c3ccccc23)c2ccccc12. The van der Waals surface area contributed by atoms with Gasteiger partial charge in [-0.15, -0.1) is 0 Å². The Balaban J connectivity index is 1.29. The molecule has 9 rings (SSSR count). The Kier molecular flexibility index (Phi) is 5.04. The van der Waals surface area contributed by atoms with E-state index in [0.717, 1.165) is 43.8 Å². The summed E-state index contributed by atoms with van der Waals surface area (Å²) in [6.07, 6.45) is 0. The summed E-state index contributed by atoms with van der Waals surface area (Å²) in [6, 6.07) is 53.9. The minimum Gasteiger partial charge on any atom is -0.456 e. The molecule has 1 heterocycles. The van der Waals surface area contributed by atoms with Crippen molar-refractivity contribution < 1.29 is 5.79 Å². The first-order chi connectivity index (χ1) is 21.8. The van der Waals surface area contributed by atoms with Crippen LogP contribution in [0.5, 0.6) is 0 Å². The summed E-state index contributed by atoms with van der Waals surface area (Å²) < 4.78 is 14.7. The number of hydrogen-bond acceptors (Lipinski definition) is 1. The fraction of sp³-hybridized carbons (Fsp3) is 0. The highest BCUT2D eigenvalue weighted by molar-refractivity contribution is 6.23. The largest absolute Gasteiger partial charge is 0.456 e. The average molecular weight is 548 g/mol. The van der Waals surface area contributed by atoms with Crippen LogP contribution in [0.3, 0.4) is 0 Å². The molecule has 0 saturated heterocycles. The van der Waals surface area contributed by atoms with E-state index in [4.69, 9.17) is 5.79 Å². The van der Waals surface area contributed by atoms with Gasteiger partial charge in [-0.05, 0) is 77.8 Å². The van der Waals surface area contributed by atoms with Crippen LogP contribution in [0.2, 0.25) is 0 Å². The third kappa shape index (κ3) is 3.65. The standard InChI is InChI=1S/C42H26O/c1-2-13-30-27(11-1)12-9-20-32(30)41-35-16-5-3-14-33(35)40(34-15-4-6-17-36(34)41)29-25-23-28(24-26-29)31-19-10-22-39-42(31)37-18-7-8-21-38(37)43-39/h1-26H/i12D. The number of hydrogen-bond donors (Lipinski definition) is 0. The molecule has 0 fully saturated rings. The van der Waals surface area contributed by atoms with Gasteiger partial charge in [0.1, 0.15) is 11.2 Å². The molecule has 1 nitrogen and oxygen atoms in total. The average Bonchev–Trinajstić information content (AvgIpc) is 3.47. The Morgan fingerprint density at radius 3 is 1.63 bits per heavy atom. The van der Waals surface area contributed by atoms with Crippen molar-refractivity contribution in [3.63, 3.8) is 0 Å². The zero-order valence-corrected chi connectivity index (χ0v) is 23.3. The van der Waals surface area contributed by atoms with Gasteiger partial charge in [-0.25, -0.2) is 0 Å². The van der Waals surface area contributed by atoms with Gasteiger partial charge in [-0.1, -0.05) is 146 Å². The monoisotopic (exact) mass is 547 g/mol. The Morgan fingerprint density at radius 2 is 0.907 bits per heavy atom. The highest BCUT2D eigenvalue weighted by Gasteiger charge is 2.18. The normalized spacial score (nSPS) is 12.0. The summed E-state index contributed by atoms with van der Waals surface area (Å²) in [7, 11) is 0. The van der Waals surface area contributed by atoms with E-state index < -0.39 is 0 Å². The predicted molar refractivity (Wildman–Crippen MR) is 183 cm³/mol. The van der Waals surface area contributed by atoms with Gasteiger partial charge in [-0.2, -0.15) is 0 Å². The molecule has 9 aromatic rings. The maximum atomic E-state index is 8.54. The van der Waals surface area contributed by atoms with E-state index in [0.29, 0.717) is 6.04 Å². The lowest BCUT2D eigenvalue weighted by atomic mass is 9.84. The van der Waals surface area contributed by atoms with Crippen molar-refractivity contribution in [2.45, 2.75) is 0 Å². The van der Waals surface area contributed by atoms with Gasteiger partial charge in [0.15, 0.2) is 0 Å². The predicted octanol–water partition coefficient (Wildman–Crippen LogP) is 12.0. The summed E-state index contributed by atoms with van der Waals surface area (Å²) in [5, 5.41) is 9.23. The van der Waals surface area contributed by atoms with Crippen molar-refractivity contribution in [3.05, 3.63) is 158 Å². The number of benzene rings is 8. The van der Waals surface area contributed by atoms with Gasteiger partial charge in [0.2, 0.25) is 0 Å². The van der Waals surface area contributed by atoms with E-state index in [1.807, 2.05) is 36.4 Å². The molecular weight excluding hydrogens is 520 g/mol. The zero-order chi connectivity index (χ0) is 29.2. The molecule has 0 atom stereocenters. The number of rotatable bonds is 3. The van der Waals surface area contributed by atoms with Crippen LogP contribution in [0.15, 0.2) is 162 Å². The third-order valence-electron chi connectivity index (χ3n) is 8.79. The van der Waals surface area contributed by atoms with Crippen molar-refractivity contribution in [2.75, 3.05) is 0 Å². The van der Waals surface area contributed by atoms with E-state index >= 15 is 0 Å². The molecule has 0 bridgehead atoms. The molecule has 0 radical (unpaired) electrons. The summed E-state index contributed by atoms with van der Waals surface area (Å²) in [5.41, 5.74) is 8.95. The molecule has 0 spiro atoms. The number of fused-ring (bicyclic) bond motifs is 6. The van der Waals surface area contributed by atoms with Gasteiger partial charge in [0, 0.05) is 10.8 Å². The summed E-state index contributed by atoms with van der Waals surface area (Å²) in [4.78, 5) is 0. The first-order valence-electron chi connectivity index (χ1n) is 15.2. The number of para-hydroxylation sites is 1. The molecule has 1 heteroatoms. The molecule has 0 aliphatic rings.